The Hall–Kier alpha value is -3.44. The minimum absolute atomic E-state index is 0.00411. The Morgan fingerprint density at radius 3 is 2.14 bits per heavy atom. The summed E-state index contributed by atoms with van der Waals surface area (Å²) in [5, 5.41) is 0. The van der Waals surface area contributed by atoms with Crippen LogP contribution in [-0.4, -0.2) is 47.8 Å². The average Bonchev–Trinajstić information content (AvgIpc) is 3.25. The number of nitrogens with zero attached hydrogens (tertiary/aromatic N) is 3. The molecule has 0 bridgehead atoms. The number of anilines is 1. The predicted molar refractivity (Wildman–Crippen MR) is 137 cm³/mol. The zero-order valence-corrected chi connectivity index (χ0v) is 20.1. The van der Waals surface area contributed by atoms with E-state index in [1.165, 1.54) is 16.7 Å². The molecule has 1 fully saturated rings. The molecule has 0 N–H and O–H groups in total. The van der Waals surface area contributed by atoms with Gasteiger partial charge in [-0.15, -0.1) is 0 Å². The van der Waals surface area contributed by atoms with Gasteiger partial charge in [-0.05, 0) is 47.7 Å². The first kappa shape index (κ1) is 22.1. The lowest BCUT2D eigenvalue weighted by atomic mass is 9.76. The summed E-state index contributed by atoms with van der Waals surface area (Å²) >= 11 is 0. The maximum absolute atomic E-state index is 13.9. The van der Waals surface area contributed by atoms with Gasteiger partial charge in [-0.3, -0.25) is 19.4 Å². The van der Waals surface area contributed by atoms with Crippen LogP contribution in [0.1, 0.15) is 64.8 Å². The van der Waals surface area contributed by atoms with Crippen molar-refractivity contribution in [2.45, 2.75) is 37.8 Å². The summed E-state index contributed by atoms with van der Waals surface area (Å²) in [4.78, 5) is 32.3. The maximum atomic E-state index is 13.9. The fraction of sp³-hybridized carbons (Fsp3) is 0.333. The third-order valence-electron chi connectivity index (χ3n) is 8.10. The topological polar surface area (TPSA) is 43.9 Å². The van der Waals surface area contributed by atoms with Crippen LogP contribution in [0.3, 0.4) is 0 Å². The van der Waals surface area contributed by atoms with Gasteiger partial charge in [0.1, 0.15) is 0 Å². The third-order valence-corrected chi connectivity index (χ3v) is 8.10. The lowest BCUT2D eigenvalue weighted by molar-refractivity contribution is -0.130. The summed E-state index contributed by atoms with van der Waals surface area (Å²) in [5.74, 6) is 0.509. The largest absolute Gasteiger partial charge is 0.340 e. The predicted octanol–water partition coefficient (Wildman–Crippen LogP) is 5.17. The molecule has 0 aromatic heterocycles. The van der Waals surface area contributed by atoms with Gasteiger partial charge in [0, 0.05) is 56.3 Å². The van der Waals surface area contributed by atoms with E-state index in [2.05, 4.69) is 52.3 Å². The van der Waals surface area contributed by atoms with E-state index in [4.69, 9.17) is 0 Å². The maximum Gasteiger partial charge on any atom is 0.258 e. The minimum atomic E-state index is -0.00411. The first-order valence-electron chi connectivity index (χ1n) is 12.7. The van der Waals surface area contributed by atoms with Gasteiger partial charge in [0.15, 0.2) is 0 Å². The van der Waals surface area contributed by atoms with Crippen LogP contribution < -0.4 is 4.90 Å². The molecule has 0 saturated carbocycles. The second kappa shape index (κ2) is 8.97. The minimum Gasteiger partial charge on any atom is -0.340 e. The van der Waals surface area contributed by atoms with Gasteiger partial charge in [0.05, 0.1) is 6.04 Å². The SMILES string of the molecule is CC(=O)N1CCN(C2CCC3c4c2cccc4N(C(=O)c2ccccc2)C3c2ccccc2)CC1. The molecule has 5 heteroatoms. The molecule has 1 saturated heterocycles. The highest BCUT2D eigenvalue weighted by Crippen LogP contribution is 2.57. The van der Waals surface area contributed by atoms with Gasteiger partial charge in [0.2, 0.25) is 5.91 Å². The number of hydrogen-bond donors (Lipinski definition) is 0. The van der Waals surface area contributed by atoms with E-state index in [0.29, 0.717) is 6.04 Å². The van der Waals surface area contributed by atoms with E-state index >= 15 is 0 Å². The molecule has 3 unspecified atom stereocenters. The Bertz CT molecular complexity index is 1230. The molecule has 5 nitrogen and oxygen atoms in total. The number of rotatable bonds is 3. The van der Waals surface area contributed by atoms with E-state index in [1.807, 2.05) is 41.3 Å². The van der Waals surface area contributed by atoms with Gasteiger partial charge in [-0.1, -0.05) is 60.7 Å². The standard InChI is InChI=1S/C30H31N3O2/c1-21(34)31-17-19-32(20-18-31)26-16-15-25-28-24(26)13-8-14-27(28)33(29(25)22-9-4-2-5-10-22)30(35)23-11-6-3-7-12-23/h2-14,25-26,29H,15-20H2,1H3. The van der Waals surface area contributed by atoms with E-state index in [1.54, 1.807) is 6.92 Å². The molecular formula is C30H31N3O2. The molecule has 0 spiro atoms. The number of piperazine rings is 1. The summed E-state index contributed by atoms with van der Waals surface area (Å²) in [5.41, 5.74) is 5.68. The van der Waals surface area contributed by atoms with E-state index < -0.39 is 0 Å². The fourth-order valence-corrected chi connectivity index (χ4v) is 6.47. The van der Waals surface area contributed by atoms with E-state index in [-0.39, 0.29) is 23.8 Å². The summed E-state index contributed by atoms with van der Waals surface area (Å²) < 4.78 is 0. The molecule has 2 heterocycles. The molecular weight excluding hydrogens is 434 g/mol. The van der Waals surface area contributed by atoms with Crippen molar-refractivity contribution >= 4 is 17.5 Å². The molecule has 0 radical (unpaired) electrons. The van der Waals surface area contributed by atoms with Crippen molar-refractivity contribution in [3.05, 3.63) is 101 Å². The van der Waals surface area contributed by atoms with Crippen molar-refractivity contribution in [1.29, 1.82) is 0 Å². The van der Waals surface area contributed by atoms with Crippen LogP contribution in [-0.2, 0) is 4.79 Å². The first-order chi connectivity index (χ1) is 17.1. The number of carbonyl (C=O) groups excluding carboxylic acids is 2. The van der Waals surface area contributed by atoms with Crippen LogP contribution in [0, 0.1) is 0 Å². The van der Waals surface area contributed by atoms with Crippen LogP contribution >= 0.6 is 0 Å². The highest BCUT2D eigenvalue weighted by molar-refractivity contribution is 6.08. The monoisotopic (exact) mass is 465 g/mol. The Morgan fingerprint density at radius 1 is 0.771 bits per heavy atom. The summed E-state index contributed by atoms with van der Waals surface area (Å²) in [6, 6.07) is 27.0. The van der Waals surface area contributed by atoms with Crippen molar-refractivity contribution in [1.82, 2.24) is 9.80 Å². The molecule has 3 atom stereocenters. The number of hydrogen-bond acceptors (Lipinski definition) is 3. The van der Waals surface area contributed by atoms with Gasteiger partial charge in [0.25, 0.3) is 5.91 Å². The zero-order valence-electron chi connectivity index (χ0n) is 20.1. The second-order valence-electron chi connectivity index (χ2n) is 9.92. The summed E-state index contributed by atoms with van der Waals surface area (Å²) in [7, 11) is 0. The Labute approximate surface area is 207 Å². The van der Waals surface area contributed by atoms with Crippen LogP contribution in [0.5, 0.6) is 0 Å². The highest BCUT2D eigenvalue weighted by atomic mass is 16.2. The van der Waals surface area contributed by atoms with E-state index in [9.17, 15) is 9.59 Å². The third kappa shape index (κ3) is 3.75. The molecule has 2 aliphatic heterocycles. The Kier molecular flexibility index (Phi) is 5.65. The van der Waals surface area contributed by atoms with Gasteiger partial charge >= 0.3 is 0 Å². The van der Waals surface area contributed by atoms with Gasteiger partial charge in [-0.25, -0.2) is 0 Å². The number of carbonyl (C=O) groups is 2. The molecule has 3 aromatic carbocycles. The zero-order chi connectivity index (χ0) is 23.9. The lowest BCUT2D eigenvalue weighted by Crippen LogP contribution is -2.49. The Morgan fingerprint density at radius 2 is 1.46 bits per heavy atom. The average molecular weight is 466 g/mol. The molecule has 3 aromatic rings. The normalized spacial score (nSPS) is 23.7. The van der Waals surface area contributed by atoms with Crippen LogP contribution in [0.2, 0.25) is 0 Å². The van der Waals surface area contributed by atoms with Crippen molar-refractivity contribution in [2.24, 2.45) is 0 Å². The lowest BCUT2D eigenvalue weighted by Gasteiger charge is -2.42. The van der Waals surface area contributed by atoms with Crippen LogP contribution in [0.15, 0.2) is 78.9 Å². The summed E-state index contributed by atoms with van der Waals surface area (Å²) in [6.45, 7) is 5.03. The smallest absolute Gasteiger partial charge is 0.258 e. The molecule has 3 aliphatic rings. The highest BCUT2D eigenvalue weighted by Gasteiger charge is 2.47. The fourth-order valence-electron chi connectivity index (χ4n) is 6.47. The van der Waals surface area contributed by atoms with Crippen molar-refractivity contribution in [2.75, 3.05) is 31.1 Å². The van der Waals surface area contributed by atoms with Crippen LogP contribution in [0.4, 0.5) is 5.69 Å². The van der Waals surface area contributed by atoms with Gasteiger partial charge < -0.3 is 4.90 Å². The van der Waals surface area contributed by atoms with Gasteiger partial charge in [-0.2, -0.15) is 0 Å². The molecule has 6 rings (SSSR count). The first-order valence-corrected chi connectivity index (χ1v) is 12.7. The number of benzene rings is 3. The molecule has 1 aliphatic carbocycles. The van der Waals surface area contributed by atoms with Crippen molar-refractivity contribution < 1.29 is 9.59 Å². The summed E-state index contributed by atoms with van der Waals surface area (Å²) in [6.07, 6.45) is 2.11. The molecule has 178 valence electrons. The quantitative estimate of drug-likeness (QED) is 0.536. The molecule has 35 heavy (non-hydrogen) atoms. The van der Waals surface area contributed by atoms with E-state index in [0.717, 1.165) is 50.3 Å². The molecule has 2 amide bonds. The Balaban J connectivity index is 1.41. The van der Waals surface area contributed by atoms with Crippen molar-refractivity contribution in [3.8, 4) is 0 Å². The number of amides is 2. The van der Waals surface area contributed by atoms with Crippen molar-refractivity contribution in [3.63, 3.8) is 0 Å². The van der Waals surface area contributed by atoms with Crippen LogP contribution in [0.25, 0.3) is 0 Å². The second-order valence-corrected chi connectivity index (χ2v) is 9.92.